The van der Waals surface area contributed by atoms with Crippen molar-refractivity contribution in [3.05, 3.63) is 59.2 Å². The van der Waals surface area contributed by atoms with E-state index in [-0.39, 0.29) is 36.1 Å². The van der Waals surface area contributed by atoms with Crippen LogP contribution in [0.3, 0.4) is 0 Å². The number of ether oxygens (including phenoxy) is 2. The lowest BCUT2D eigenvalue weighted by atomic mass is 9.83. The molecule has 1 fully saturated rings. The van der Waals surface area contributed by atoms with Gasteiger partial charge in [0.05, 0.1) is 20.6 Å². The van der Waals surface area contributed by atoms with E-state index in [4.69, 9.17) is 25.1 Å². The molecule has 242 valence electrons. The molecule has 0 aliphatic heterocycles. The van der Waals surface area contributed by atoms with Crippen LogP contribution in [0, 0.1) is 17.6 Å². The van der Waals surface area contributed by atoms with Gasteiger partial charge in [0.2, 0.25) is 5.91 Å². The van der Waals surface area contributed by atoms with Crippen LogP contribution in [0.25, 0.3) is 0 Å². The van der Waals surface area contributed by atoms with Gasteiger partial charge in [-0.2, -0.15) is 13.2 Å². The number of amides is 1. The van der Waals surface area contributed by atoms with Crippen molar-refractivity contribution < 1.29 is 50.9 Å². The van der Waals surface area contributed by atoms with Crippen molar-refractivity contribution in [2.24, 2.45) is 16.6 Å². The molecule has 0 aromatic heterocycles. The van der Waals surface area contributed by atoms with E-state index in [1.807, 2.05) is 0 Å². The zero-order chi connectivity index (χ0) is 32.9. The molecule has 0 spiro atoms. The zero-order valence-corrected chi connectivity index (χ0v) is 24.4. The van der Waals surface area contributed by atoms with E-state index in [9.17, 15) is 31.5 Å². The number of methoxy groups -OCH3 is 2. The Hall–Kier alpha value is -4.23. The summed E-state index contributed by atoms with van der Waals surface area (Å²) in [7, 11) is 2.74. The van der Waals surface area contributed by atoms with Gasteiger partial charge < -0.3 is 20.3 Å². The summed E-state index contributed by atoms with van der Waals surface area (Å²) >= 11 is 0. The summed E-state index contributed by atoms with van der Waals surface area (Å²) < 4.78 is 69.1. The predicted molar refractivity (Wildman–Crippen MR) is 151 cm³/mol. The van der Waals surface area contributed by atoms with E-state index in [2.05, 4.69) is 10.3 Å². The van der Waals surface area contributed by atoms with Crippen LogP contribution >= 0.6 is 0 Å². The minimum absolute atomic E-state index is 0.0452. The number of hydrogen-bond donors (Lipinski definition) is 3. The average Bonchev–Trinajstić information content (AvgIpc) is 2.97. The number of nitrogens with one attached hydrogen (secondary N) is 1. The summed E-state index contributed by atoms with van der Waals surface area (Å²) in [5.41, 5.74) is 7.37. The SMILES string of the molecule is COc1cc(CCC(=O)[C@@H](CC2CCCCC2)N=C(N)NC(=O)Cc2ccc(F)c(OC)c2)ccc1F.O=C(O)C(F)(F)F. The normalized spacial score (nSPS) is 14.6. The topological polar surface area (TPSA) is 140 Å². The summed E-state index contributed by atoms with van der Waals surface area (Å²) in [5, 5.41) is 9.67. The van der Waals surface area contributed by atoms with Gasteiger partial charge >= 0.3 is 12.1 Å². The Labute approximate surface area is 251 Å². The Morgan fingerprint density at radius 3 is 2.02 bits per heavy atom. The standard InChI is InChI=1S/C28H35F2N3O4.C2HF3O2/c1-36-25-15-19(8-11-21(25)29)10-13-24(34)23(14-18-6-4-3-5-7-18)32-28(31)33-27(35)17-20-9-12-22(30)26(16-20)37-2;3-2(4,5)1(6)7/h8-9,11-12,15-16,18,23H,3-7,10,13-14,17H2,1-2H3,(H3,31,32,33,35);(H,6,7)/t23-;/m1./s1. The van der Waals surface area contributed by atoms with Gasteiger partial charge in [-0.25, -0.2) is 18.6 Å². The molecule has 0 bridgehead atoms. The molecule has 1 aliphatic rings. The van der Waals surface area contributed by atoms with Crippen molar-refractivity contribution in [2.45, 2.75) is 70.0 Å². The number of hydrogen-bond acceptors (Lipinski definition) is 6. The van der Waals surface area contributed by atoms with Gasteiger partial charge in [-0.1, -0.05) is 44.2 Å². The number of carboxylic acid groups (broad SMARTS) is 1. The van der Waals surface area contributed by atoms with Crippen LogP contribution in [0.4, 0.5) is 22.0 Å². The van der Waals surface area contributed by atoms with Crippen LogP contribution < -0.4 is 20.5 Å². The third kappa shape index (κ3) is 12.2. The van der Waals surface area contributed by atoms with Gasteiger partial charge in [0.25, 0.3) is 0 Å². The van der Waals surface area contributed by atoms with Crippen molar-refractivity contribution in [1.29, 1.82) is 0 Å². The summed E-state index contributed by atoms with van der Waals surface area (Å²) in [6.45, 7) is 0. The number of carbonyl (C=O) groups is 3. The number of carboxylic acids is 1. The zero-order valence-electron chi connectivity index (χ0n) is 24.4. The summed E-state index contributed by atoms with van der Waals surface area (Å²) in [4.78, 5) is 39.0. The molecule has 0 unspecified atom stereocenters. The van der Waals surface area contributed by atoms with Gasteiger partial charge in [0, 0.05) is 6.42 Å². The lowest BCUT2D eigenvalue weighted by Gasteiger charge is -2.24. The number of halogens is 5. The molecule has 1 aliphatic carbocycles. The van der Waals surface area contributed by atoms with E-state index in [0.29, 0.717) is 24.3 Å². The van der Waals surface area contributed by atoms with Crippen LogP contribution in [-0.4, -0.2) is 55.2 Å². The first-order valence-electron chi connectivity index (χ1n) is 13.8. The molecule has 0 heterocycles. The molecule has 44 heavy (non-hydrogen) atoms. The van der Waals surface area contributed by atoms with Crippen molar-refractivity contribution >= 4 is 23.6 Å². The summed E-state index contributed by atoms with van der Waals surface area (Å²) in [6, 6.07) is 8.02. The number of rotatable bonds is 11. The second-order valence-corrected chi connectivity index (χ2v) is 10.2. The van der Waals surface area contributed by atoms with Crippen LogP contribution in [0.2, 0.25) is 0 Å². The Balaban J connectivity index is 0.000000860. The first kappa shape index (κ1) is 36.0. The van der Waals surface area contributed by atoms with Crippen molar-refractivity contribution in [2.75, 3.05) is 14.2 Å². The van der Waals surface area contributed by atoms with Crippen LogP contribution in [0.5, 0.6) is 11.5 Å². The molecule has 3 rings (SSSR count). The monoisotopic (exact) mass is 629 g/mol. The predicted octanol–water partition coefficient (Wildman–Crippen LogP) is 5.13. The van der Waals surface area contributed by atoms with Crippen LogP contribution in [0.15, 0.2) is 41.4 Å². The van der Waals surface area contributed by atoms with E-state index < -0.39 is 35.7 Å². The van der Waals surface area contributed by atoms with Crippen molar-refractivity contribution in [1.82, 2.24) is 5.32 Å². The number of aryl methyl sites for hydroxylation is 1. The maximum atomic E-state index is 13.7. The minimum Gasteiger partial charge on any atom is -0.494 e. The quantitative estimate of drug-likeness (QED) is 0.178. The van der Waals surface area contributed by atoms with Gasteiger partial charge in [-0.15, -0.1) is 0 Å². The third-order valence-corrected chi connectivity index (χ3v) is 6.91. The first-order chi connectivity index (χ1) is 20.7. The van der Waals surface area contributed by atoms with Gasteiger partial charge in [-0.05, 0) is 54.2 Å². The highest BCUT2D eigenvalue weighted by Crippen LogP contribution is 2.29. The molecule has 2 aromatic carbocycles. The molecule has 2 aromatic rings. The van der Waals surface area contributed by atoms with E-state index in [1.54, 1.807) is 12.1 Å². The molecule has 14 heteroatoms. The number of alkyl halides is 3. The van der Waals surface area contributed by atoms with Crippen LogP contribution in [-0.2, 0) is 27.2 Å². The molecule has 1 saturated carbocycles. The molecule has 4 N–H and O–H groups in total. The molecule has 9 nitrogen and oxygen atoms in total. The molecular weight excluding hydrogens is 593 g/mol. The van der Waals surface area contributed by atoms with Crippen molar-refractivity contribution in [3.8, 4) is 11.5 Å². The van der Waals surface area contributed by atoms with Gasteiger partial charge in [0.15, 0.2) is 34.9 Å². The van der Waals surface area contributed by atoms with Gasteiger partial charge in [0.1, 0.15) is 6.04 Å². The fourth-order valence-corrected chi connectivity index (χ4v) is 4.68. The maximum Gasteiger partial charge on any atom is 0.490 e. The average molecular weight is 630 g/mol. The smallest absolute Gasteiger partial charge is 0.490 e. The van der Waals surface area contributed by atoms with E-state index in [0.717, 1.165) is 31.2 Å². The minimum atomic E-state index is -5.08. The number of aliphatic imine (C=N–C) groups is 1. The Morgan fingerprint density at radius 1 is 0.977 bits per heavy atom. The largest absolute Gasteiger partial charge is 0.494 e. The van der Waals surface area contributed by atoms with Gasteiger partial charge in [-0.3, -0.25) is 14.9 Å². The summed E-state index contributed by atoms with van der Waals surface area (Å²) in [5.74, 6) is -3.84. The van der Waals surface area contributed by atoms with Crippen molar-refractivity contribution in [3.63, 3.8) is 0 Å². The molecule has 0 saturated heterocycles. The number of guanidine groups is 1. The third-order valence-electron chi connectivity index (χ3n) is 6.91. The number of Topliss-reactive ketones (excluding diaryl/α,β-unsaturated/α-hetero) is 1. The molecule has 1 atom stereocenters. The number of nitrogens with zero attached hydrogens (tertiary/aromatic N) is 1. The first-order valence-corrected chi connectivity index (χ1v) is 13.8. The number of nitrogens with two attached hydrogens (primary N) is 1. The number of ketones is 1. The van der Waals surface area contributed by atoms with E-state index >= 15 is 0 Å². The molecule has 1 amide bonds. The van der Waals surface area contributed by atoms with E-state index in [1.165, 1.54) is 44.9 Å². The second-order valence-electron chi connectivity index (χ2n) is 10.2. The lowest BCUT2D eigenvalue weighted by molar-refractivity contribution is -0.192. The fourth-order valence-electron chi connectivity index (χ4n) is 4.68. The highest BCUT2D eigenvalue weighted by atomic mass is 19.4. The van der Waals surface area contributed by atoms with Crippen LogP contribution in [0.1, 0.15) is 56.1 Å². The fraction of sp³-hybridized carbons (Fsp3) is 0.467. The maximum absolute atomic E-state index is 13.7. The number of carbonyl (C=O) groups excluding carboxylic acids is 2. The Kier molecular flexibility index (Phi) is 14.0. The highest BCUT2D eigenvalue weighted by Gasteiger charge is 2.38. The highest BCUT2D eigenvalue weighted by molar-refractivity contribution is 5.98. The molecule has 0 radical (unpaired) electrons. The Bertz CT molecular complexity index is 1310. The molecular formula is C30H36F5N3O6. The number of aliphatic carboxylic acids is 1. The summed E-state index contributed by atoms with van der Waals surface area (Å²) in [6.07, 6.45) is 1.54. The lowest BCUT2D eigenvalue weighted by Crippen LogP contribution is -2.40. The second kappa shape index (κ2) is 17.2. The number of benzene rings is 2. The Morgan fingerprint density at radius 2 is 1.50 bits per heavy atom.